The van der Waals surface area contributed by atoms with E-state index in [2.05, 4.69) is 0 Å². The lowest BCUT2D eigenvalue weighted by atomic mass is 9.99. The monoisotopic (exact) mass is 285 g/mol. The maximum absolute atomic E-state index is 11.4. The first kappa shape index (κ1) is 14.9. The van der Waals surface area contributed by atoms with Crippen LogP contribution in [0.2, 0.25) is 0 Å². The number of carbonyl (C=O) groups excluding carboxylic acids is 1. The maximum Gasteiger partial charge on any atom is 0.248 e. The first-order valence-electron chi connectivity index (χ1n) is 6.94. The zero-order chi connectivity index (χ0) is 15.2. The Balaban J connectivity index is 2.13. The van der Waals surface area contributed by atoms with Crippen LogP contribution in [0.3, 0.4) is 0 Å². The van der Waals surface area contributed by atoms with E-state index in [0.29, 0.717) is 24.3 Å². The molecule has 4 heteroatoms. The fraction of sp³-hybridized carbons (Fsp3) is 0.235. The Labute approximate surface area is 124 Å². The lowest BCUT2D eigenvalue weighted by Gasteiger charge is -2.09. The SMILES string of the molecule is CCOc1cc(CCc2ccccc2C(N)=O)ccc1O. The summed E-state index contributed by atoms with van der Waals surface area (Å²) >= 11 is 0. The average Bonchev–Trinajstić information content (AvgIpc) is 2.48. The molecule has 0 saturated carbocycles. The molecule has 3 N–H and O–H groups in total. The summed E-state index contributed by atoms with van der Waals surface area (Å²) in [6.07, 6.45) is 1.44. The van der Waals surface area contributed by atoms with E-state index in [4.69, 9.17) is 10.5 Å². The second kappa shape index (κ2) is 6.79. The molecule has 0 unspecified atom stereocenters. The van der Waals surface area contributed by atoms with Crippen molar-refractivity contribution < 1.29 is 14.6 Å². The summed E-state index contributed by atoms with van der Waals surface area (Å²) in [4.78, 5) is 11.4. The number of amides is 1. The molecule has 4 nitrogen and oxygen atoms in total. The maximum atomic E-state index is 11.4. The number of phenols is 1. The summed E-state index contributed by atoms with van der Waals surface area (Å²) in [7, 11) is 0. The highest BCUT2D eigenvalue weighted by molar-refractivity contribution is 5.94. The Kier molecular flexibility index (Phi) is 4.82. The predicted molar refractivity (Wildman–Crippen MR) is 81.6 cm³/mol. The molecular formula is C17H19NO3. The molecule has 0 aromatic heterocycles. The number of ether oxygens (including phenoxy) is 1. The first-order valence-corrected chi connectivity index (χ1v) is 6.94. The number of nitrogens with two attached hydrogens (primary N) is 1. The summed E-state index contributed by atoms with van der Waals surface area (Å²) < 4.78 is 5.37. The van der Waals surface area contributed by atoms with E-state index in [1.54, 1.807) is 18.2 Å². The fourth-order valence-electron chi connectivity index (χ4n) is 2.24. The molecule has 0 atom stereocenters. The summed E-state index contributed by atoms with van der Waals surface area (Å²) in [6.45, 7) is 2.37. The molecule has 0 radical (unpaired) electrons. The molecule has 0 fully saturated rings. The normalized spacial score (nSPS) is 10.3. The van der Waals surface area contributed by atoms with Gasteiger partial charge < -0.3 is 15.6 Å². The second-order valence-electron chi connectivity index (χ2n) is 4.76. The molecule has 0 heterocycles. The first-order chi connectivity index (χ1) is 10.1. The van der Waals surface area contributed by atoms with E-state index in [1.807, 2.05) is 31.2 Å². The summed E-state index contributed by atoms with van der Waals surface area (Å²) in [5.41, 5.74) is 7.90. The van der Waals surface area contributed by atoms with Gasteiger partial charge in [-0.1, -0.05) is 24.3 Å². The number of aromatic hydroxyl groups is 1. The van der Waals surface area contributed by atoms with Crippen molar-refractivity contribution >= 4 is 5.91 Å². The third kappa shape index (κ3) is 3.75. The number of aryl methyl sites for hydroxylation is 2. The van der Waals surface area contributed by atoms with Gasteiger partial charge in [-0.05, 0) is 49.1 Å². The van der Waals surface area contributed by atoms with Gasteiger partial charge in [0.05, 0.1) is 6.61 Å². The van der Waals surface area contributed by atoms with Crippen molar-refractivity contribution in [3.8, 4) is 11.5 Å². The molecule has 2 rings (SSSR count). The van der Waals surface area contributed by atoms with Gasteiger partial charge in [-0.2, -0.15) is 0 Å². The Morgan fingerprint density at radius 3 is 2.67 bits per heavy atom. The topological polar surface area (TPSA) is 72.5 Å². The third-order valence-corrected chi connectivity index (χ3v) is 3.29. The molecule has 1 amide bonds. The van der Waals surface area contributed by atoms with Crippen LogP contribution in [-0.4, -0.2) is 17.6 Å². The number of phenolic OH excluding ortho intramolecular Hbond substituents is 1. The van der Waals surface area contributed by atoms with Crippen LogP contribution >= 0.6 is 0 Å². The van der Waals surface area contributed by atoms with Crippen LogP contribution in [0.15, 0.2) is 42.5 Å². The number of hydrogen-bond donors (Lipinski definition) is 2. The van der Waals surface area contributed by atoms with Crippen molar-refractivity contribution in [2.75, 3.05) is 6.61 Å². The zero-order valence-electron chi connectivity index (χ0n) is 12.0. The minimum atomic E-state index is -0.411. The minimum Gasteiger partial charge on any atom is -0.504 e. The highest BCUT2D eigenvalue weighted by atomic mass is 16.5. The van der Waals surface area contributed by atoms with Crippen LogP contribution in [0.5, 0.6) is 11.5 Å². The summed E-state index contributed by atoms with van der Waals surface area (Å²) in [5.74, 6) is 0.211. The van der Waals surface area contributed by atoms with Crippen molar-refractivity contribution in [1.82, 2.24) is 0 Å². The van der Waals surface area contributed by atoms with Gasteiger partial charge in [0.25, 0.3) is 0 Å². The van der Waals surface area contributed by atoms with Gasteiger partial charge in [0.1, 0.15) is 0 Å². The van der Waals surface area contributed by atoms with Crippen LogP contribution in [0.4, 0.5) is 0 Å². The van der Waals surface area contributed by atoms with E-state index in [0.717, 1.165) is 17.5 Å². The van der Waals surface area contributed by atoms with Crippen molar-refractivity contribution in [3.63, 3.8) is 0 Å². The van der Waals surface area contributed by atoms with Crippen molar-refractivity contribution in [1.29, 1.82) is 0 Å². The van der Waals surface area contributed by atoms with E-state index in [-0.39, 0.29) is 5.75 Å². The quantitative estimate of drug-likeness (QED) is 0.857. The molecular weight excluding hydrogens is 266 g/mol. The predicted octanol–water partition coefficient (Wildman–Crippen LogP) is 2.68. The number of hydrogen-bond acceptors (Lipinski definition) is 3. The van der Waals surface area contributed by atoms with E-state index in [9.17, 15) is 9.90 Å². The minimum absolute atomic E-state index is 0.137. The standard InChI is InChI=1S/C17H19NO3/c1-2-21-16-11-12(8-10-15(16)19)7-9-13-5-3-4-6-14(13)17(18)20/h3-6,8,10-11,19H,2,7,9H2,1H3,(H2,18,20). The molecule has 0 saturated heterocycles. The lowest BCUT2D eigenvalue weighted by Crippen LogP contribution is -2.13. The van der Waals surface area contributed by atoms with Crippen molar-refractivity contribution in [2.45, 2.75) is 19.8 Å². The van der Waals surface area contributed by atoms with E-state index < -0.39 is 5.91 Å². The second-order valence-corrected chi connectivity index (χ2v) is 4.76. The smallest absolute Gasteiger partial charge is 0.248 e. The van der Waals surface area contributed by atoms with Gasteiger partial charge >= 0.3 is 0 Å². The Bertz CT molecular complexity index is 638. The van der Waals surface area contributed by atoms with Crippen LogP contribution in [-0.2, 0) is 12.8 Å². The average molecular weight is 285 g/mol. The molecule has 21 heavy (non-hydrogen) atoms. The van der Waals surface area contributed by atoms with Gasteiger partial charge in [-0.25, -0.2) is 0 Å². The highest BCUT2D eigenvalue weighted by Gasteiger charge is 2.08. The molecule has 2 aromatic rings. The molecule has 0 bridgehead atoms. The molecule has 0 aliphatic rings. The van der Waals surface area contributed by atoms with Gasteiger partial charge in [0.2, 0.25) is 5.91 Å². The van der Waals surface area contributed by atoms with E-state index in [1.165, 1.54) is 0 Å². The molecule has 110 valence electrons. The number of carbonyl (C=O) groups is 1. The third-order valence-electron chi connectivity index (χ3n) is 3.29. The number of benzene rings is 2. The van der Waals surface area contributed by atoms with Gasteiger partial charge in [-0.3, -0.25) is 4.79 Å². The lowest BCUT2D eigenvalue weighted by molar-refractivity contribution is 0.0999. The van der Waals surface area contributed by atoms with Gasteiger partial charge in [0, 0.05) is 5.56 Å². The molecule has 0 spiro atoms. The Hall–Kier alpha value is -2.49. The molecule has 2 aromatic carbocycles. The van der Waals surface area contributed by atoms with Crippen LogP contribution in [0.1, 0.15) is 28.4 Å². The fourth-order valence-corrected chi connectivity index (χ4v) is 2.24. The van der Waals surface area contributed by atoms with Crippen LogP contribution in [0.25, 0.3) is 0 Å². The van der Waals surface area contributed by atoms with Crippen molar-refractivity contribution in [2.24, 2.45) is 5.73 Å². The number of primary amides is 1. The van der Waals surface area contributed by atoms with E-state index >= 15 is 0 Å². The van der Waals surface area contributed by atoms with Crippen LogP contribution < -0.4 is 10.5 Å². The number of rotatable bonds is 6. The summed E-state index contributed by atoms with van der Waals surface area (Å²) in [5, 5.41) is 9.68. The van der Waals surface area contributed by atoms with Gasteiger partial charge in [0.15, 0.2) is 11.5 Å². The summed E-state index contributed by atoms with van der Waals surface area (Å²) in [6, 6.07) is 12.6. The van der Waals surface area contributed by atoms with Crippen LogP contribution in [0, 0.1) is 0 Å². The zero-order valence-corrected chi connectivity index (χ0v) is 12.0. The van der Waals surface area contributed by atoms with Crippen molar-refractivity contribution in [3.05, 3.63) is 59.2 Å². The molecule has 0 aliphatic carbocycles. The Morgan fingerprint density at radius 1 is 1.19 bits per heavy atom. The van der Waals surface area contributed by atoms with Gasteiger partial charge in [-0.15, -0.1) is 0 Å². The molecule has 0 aliphatic heterocycles. The highest BCUT2D eigenvalue weighted by Crippen LogP contribution is 2.27. The largest absolute Gasteiger partial charge is 0.504 e. The Morgan fingerprint density at radius 2 is 1.95 bits per heavy atom.